The number of carbonyl (C=O) groups excluding carboxylic acids is 2. The molecule has 1 saturated heterocycles. The molecule has 0 bridgehead atoms. The lowest BCUT2D eigenvalue weighted by atomic mass is 10.1. The molecule has 1 aliphatic rings. The smallest absolute Gasteiger partial charge is 0.293 e. The molecule has 0 saturated carbocycles. The molecule has 7 heteroatoms. The Labute approximate surface area is 213 Å². The van der Waals surface area contributed by atoms with E-state index in [1.165, 1.54) is 0 Å². The number of piperazine rings is 1. The van der Waals surface area contributed by atoms with Crippen LogP contribution in [0.2, 0.25) is 0 Å². The van der Waals surface area contributed by atoms with Crippen molar-refractivity contribution >= 4 is 23.8 Å². The normalized spacial score (nSPS) is 13.1. The van der Waals surface area contributed by atoms with E-state index in [2.05, 4.69) is 20.3 Å². The second-order valence-electron chi connectivity index (χ2n) is 9.37. The first kappa shape index (κ1) is 26.8. The lowest BCUT2D eigenvalue weighted by Gasteiger charge is -2.29. The fraction of sp³-hybridized carbons (Fsp3) is 0.310. The van der Waals surface area contributed by atoms with Crippen LogP contribution < -0.4 is 20.3 Å². The highest BCUT2D eigenvalue weighted by molar-refractivity contribution is 6.04. The van der Waals surface area contributed by atoms with E-state index >= 15 is 0 Å². The molecule has 1 amide bonds. The van der Waals surface area contributed by atoms with E-state index in [4.69, 9.17) is 4.74 Å². The first-order chi connectivity index (χ1) is 17.3. The summed E-state index contributed by atoms with van der Waals surface area (Å²) < 4.78 is 10.4. The van der Waals surface area contributed by atoms with Gasteiger partial charge in [-0.2, -0.15) is 0 Å². The Morgan fingerprint density at radius 2 is 1.67 bits per heavy atom. The summed E-state index contributed by atoms with van der Waals surface area (Å²) >= 11 is 0. The van der Waals surface area contributed by atoms with Crippen molar-refractivity contribution in [3.8, 4) is 5.75 Å². The van der Waals surface area contributed by atoms with Crippen LogP contribution in [0.3, 0.4) is 0 Å². The van der Waals surface area contributed by atoms with Gasteiger partial charge in [0, 0.05) is 49.2 Å². The average molecular weight is 490 g/mol. The van der Waals surface area contributed by atoms with Crippen LogP contribution in [0.4, 0.5) is 11.4 Å². The molecule has 4 rings (SSSR count). The Balaban J connectivity index is 0.000000454. The maximum absolute atomic E-state index is 12.6. The summed E-state index contributed by atoms with van der Waals surface area (Å²) in [5.41, 5.74) is 3.29. The fourth-order valence-electron chi connectivity index (χ4n) is 3.50. The first-order valence-corrected chi connectivity index (χ1v) is 12.1. The Bertz CT molecular complexity index is 1090. The van der Waals surface area contributed by atoms with Crippen molar-refractivity contribution < 1.29 is 19.1 Å². The highest BCUT2D eigenvalue weighted by atomic mass is 16.5. The number of benzene rings is 3. The summed E-state index contributed by atoms with van der Waals surface area (Å²) in [5.74, 6) is 0.595. The van der Waals surface area contributed by atoms with Gasteiger partial charge < -0.3 is 25.0 Å². The molecule has 36 heavy (non-hydrogen) atoms. The van der Waals surface area contributed by atoms with Crippen LogP contribution in [0, 0.1) is 0 Å². The number of nitrogens with zero attached hydrogens (tertiary/aromatic N) is 1. The first-order valence-electron chi connectivity index (χ1n) is 12.1. The summed E-state index contributed by atoms with van der Waals surface area (Å²) in [5, 5.41) is 6.30. The zero-order valence-corrected chi connectivity index (χ0v) is 21.2. The van der Waals surface area contributed by atoms with Crippen LogP contribution in [0.5, 0.6) is 5.75 Å². The number of hydrogen-bond donors (Lipinski definition) is 2. The van der Waals surface area contributed by atoms with E-state index in [1.54, 1.807) is 0 Å². The van der Waals surface area contributed by atoms with Crippen LogP contribution in [0.1, 0.15) is 36.7 Å². The number of carbonyl (C=O) groups is 2. The van der Waals surface area contributed by atoms with Crippen molar-refractivity contribution in [2.75, 3.05) is 36.4 Å². The van der Waals surface area contributed by atoms with E-state index in [9.17, 15) is 9.59 Å². The molecule has 0 spiro atoms. The number of ether oxygens (including phenoxy) is 2. The predicted octanol–water partition coefficient (Wildman–Crippen LogP) is 4.89. The van der Waals surface area contributed by atoms with Gasteiger partial charge in [0.2, 0.25) is 0 Å². The average Bonchev–Trinajstić information content (AvgIpc) is 2.89. The van der Waals surface area contributed by atoms with Crippen molar-refractivity contribution in [1.82, 2.24) is 5.32 Å². The lowest BCUT2D eigenvalue weighted by molar-refractivity contribution is -0.138. The van der Waals surface area contributed by atoms with Gasteiger partial charge in [0.15, 0.2) is 0 Å². The van der Waals surface area contributed by atoms with Crippen LogP contribution in [0.15, 0.2) is 78.9 Å². The summed E-state index contributed by atoms with van der Waals surface area (Å²) in [7, 11) is 0. The Morgan fingerprint density at radius 3 is 2.28 bits per heavy atom. The number of nitrogens with one attached hydrogen (secondary N) is 2. The Hall–Kier alpha value is -3.84. The molecule has 0 atom stereocenters. The van der Waals surface area contributed by atoms with Crippen molar-refractivity contribution in [3.05, 3.63) is 90.0 Å². The third kappa shape index (κ3) is 9.07. The van der Waals surface area contributed by atoms with E-state index in [0.717, 1.165) is 43.2 Å². The highest BCUT2D eigenvalue weighted by Crippen LogP contribution is 2.21. The van der Waals surface area contributed by atoms with Crippen molar-refractivity contribution in [2.45, 2.75) is 33.0 Å². The molecule has 190 valence electrons. The molecule has 1 heterocycles. The Kier molecular flexibility index (Phi) is 9.89. The van der Waals surface area contributed by atoms with E-state index in [-0.39, 0.29) is 11.5 Å². The zero-order valence-electron chi connectivity index (χ0n) is 21.2. The largest absolute Gasteiger partial charge is 0.489 e. The van der Waals surface area contributed by atoms with Gasteiger partial charge in [-0.05, 0) is 62.7 Å². The third-order valence-electron chi connectivity index (χ3n) is 5.35. The minimum atomic E-state index is -0.318. The zero-order chi connectivity index (χ0) is 25.8. The highest BCUT2D eigenvalue weighted by Gasteiger charge is 2.12. The molecular formula is C29H35N3O4. The molecule has 2 N–H and O–H groups in total. The molecule has 0 unspecified atom stereocenters. The summed E-state index contributed by atoms with van der Waals surface area (Å²) in [6.07, 6.45) is 0. The van der Waals surface area contributed by atoms with Crippen molar-refractivity contribution in [2.24, 2.45) is 0 Å². The third-order valence-corrected chi connectivity index (χ3v) is 5.35. The van der Waals surface area contributed by atoms with Crippen LogP contribution in [-0.4, -0.2) is 44.2 Å². The van der Waals surface area contributed by atoms with Crippen LogP contribution >= 0.6 is 0 Å². The number of rotatable bonds is 7. The van der Waals surface area contributed by atoms with E-state index in [0.29, 0.717) is 24.3 Å². The summed E-state index contributed by atoms with van der Waals surface area (Å²) in [4.78, 5) is 24.5. The minimum absolute atomic E-state index is 0.128. The van der Waals surface area contributed by atoms with Crippen LogP contribution in [-0.2, 0) is 16.1 Å². The molecule has 0 radical (unpaired) electrons. The monoisotopic (exact) mass is 489 g/mol. The minimum Gasteiger partial charge on any atom is -0.489 e. The molecule has 1 fully saturated rings. The van der Waals surface area contributed by atoms with E-state index < -0.39 is 0 Å². The van der Waals surface area contributed by atoms with Crippen LogP contribution in [0.25, 0.3) is 0 Å². The van der Waals surface area contributed by atoms with Gasteiger partial charge in [0.25, 0.3) is 12.4 Å². The number of hydrogen-bond acceptors (Lipinski definition) is 6. The van der Waals surface area contributed by atoms with Crippen molar-refractivity contribution in [1.29, 1.82) is 0 Å². The van der Waals surface area contributed by atoms with Crippen molar-refractivity contribution in [3.63, 3.8) is 0 Å². The second-order valence-corrected chi connectivity index (χ2v) is 9.37. The molecule has 0 aliphatic carbocycles. The molecule has 1 aliphatic heterocycles. The van der Waals surface area contributed by atoms with Gasteiger partial charge in [-0.15, -0.1) is 0 Å². The topological polar surface area (TPSA) is 79.9 Å². The summed E-state index contributed by atoms with van der Waals surface area (Å²) in [6, 6.07) is 25.3. The lowest BCUT2D eigenvalue weighted by Crippen LogP contribution is -2.43. The molecule has 0 aromatic heterocycles. The molecular weight excluding hydrogens is 454 g/mol. The van der Waals surface area contributed by atoms with Gasteiger partial charge in [-0.3, -0.25) is 9.59 Å². The Morgan fingerprint density at radius 1 is 0.972 bits per heavy atom. The second kappa shape index (κ2) is 13.3. The molecule has 3 aromatic carbocycles. The predicted molar refractivity (Wildman–Crippen MR) is 144 cm³/mol. The van der Waals surface area contributed by atoms with Gasteiger partial charge in [0.05, 0.1) is 0 Å². The maximum atomic E-state index is 12.6. The number of amides is 1. The molecule has 3 aromatic rings. The maximum Gasteiger partial charge on any atom is 0.293 e. The standard InChI is InChI=1S/C24H25N3O2.C5H10O2/c28-24(20-9-11-22(12-10-20)27-15-13-25-14-16-27)26-21-7-4-8-23(17-21)29-18-19-5-2-1-3-6-19;1-5(2,3)7-4-6/h1-12,17,25H,13-16,18H2,(H,26,28);4H,1-3H3. The van der Waals surface area contributed by atoms with E-state index in [1.807, 2.05) is 99.6 Å². The molecule has 7 nitrogen and oxygen atoms in total. The number of anilines is 2. The van der Waals surface area contributed by atoms with Gasteiger partial charge in [-0.1, -0.05) is 36.4 Å². The van der Waals surface area contributed by atoms with Gasteiger partial charge >= 0.3 is 0 Å². The van der Waals surface area contributed by atoms with Gasteiger partial charge in [0.1, 0.15) is 18.0 Å². The summed E-state index contributed by atoms with van der Waals surface area (Å²) in [6.45, 7) is 10.4. The van der Waals surface area contributed by atoms with Gasteiger partial charge in [-0.25, -0.2) is 0 Å². The quantitative estimate of drug-likeness (QED) is 0.460. The SMILES string of the molecule is CC(C)(C)OC=O.O=C(Nc1cccc(OCc2ccccc2)c1)c1ccc(N2CCNCC2)cc1. The fourth-order valence-corrected chi connectivity index (χ4v) is 3.50.